The monoisotopic (exact) mass is 322 g/mol. The van der Waals surface area contributed by atoms with Gasteiger partial charge in [0, 0.05) is 22.9 Å². The molecule has 5 nitrogen and oxygen atoms in total. The second-order valence-electron chi connectivity index (χ2n) is 4.73. The highest BCUT2D eigenvalue weighted by atomic mass is 32.1. The van der Waals surface area contributed by atoms with Gasteiger partial charge in [-0.15, -0.1) is 11.3 Å². The van der Waals surface area contributed by atoms with Gasteiger partial charge in [0.25, 0.3) is 5.91 Å². The van der Waals surface area contributed by atoms with Crippen molar-refractivity contribution < 1.29 is 14.3 Å². The van der Waals surface area contributed by atoms with Crippen LogP contribution in [-0.2, 0) is 9.53 Å². The van der Waals surface area contributed by atoms with Gasteiger partial charge >= 0.3 is 5.97 Å². The zero-order chi connectivity index (χ0) is 14.8. The van der Waals surface area contributed by atoms with E-state index in [0.717, 1.165) is 17.0 Å². The Labute approximate surface area is 130 Å². The van der Waals surface area contributed by atoms with Gasteiger partial charge in [-0.1, -0.05) is 0 Å². The molecule has 1 atom stereocenters. The minimum atomic E-state index is -0.478. The number of esters is 1. The van der Waals surface area contributed by atoms with Gasteiger partial charge in [-0.25, -0.2) is 9.78 Å². The molecule has 1 aliphatic heterocycles. The Hall–Kier alpha value is -1.73. The third-order valence-electron chi connectivity index (χ3n) is 3.48. The first-order chi connectivity index (χ1) is 10.2. The molecule has 21 heavy (non-hydrogen) atoms. The lowest BCUT2D eigenvalue weighted by Crippen LogP contribution is -2.41. The topological polar surface area (TPSA) is 59.5 Å². The third-order valence-corrected chi connectivity index (χ3v) is 5.05. The summed E-state index contributed by atoms with van der Waals surface area (Å²) in [4.78, 5) is 30.2. The van der Waals surface area contributed by atoms with Crippen molar-refractivity contribution in [3.8, 4) is 10.6 Å². The van der Waals surface area contributed by atoms with E-state index < -0.39 is 6.04 Å². The lowest BCUT2D eigenvalue weighted by atomic mass is 10.2. The fraction of sp³-hybridized carbons (Fsp3) is 0.357. The molecule has 0 aromatic carbocycles. The van der Waals surface area contributed by atoms with E-state index in [1.807, 2.05) is 16.8 Å². The molecule has 7 heteroatoms. The van der Waals surface area contributed by atoms with Crippen LogP contribution in [0.25, 0.3) is 10.6 Å². The maximum atomic E-state index is 12.5. The van der Waals surface area contributed by atoms with E-state index in [1.54, 1.807) is 21.6 Å². The summed E-state index contributed by atoms with van der Waals surface area (Å²) in [5, 5.41) is 6.56. The maximum absolute atomic E-state index is 12.5. The summed E-state index contributed by atoms with van der Waals surface area (Å²) in [6.45, 7) is 0.573. The van der Waals surface area contributed by atoms with Crippen molar-refractivity contribution in [2.75, 3.05) is 13.7 Å². The zero-order valence-electron chi connectivity index (χ0n) is 11.4. The van der Waals surface area contributed by atoms with Crippen LogP contribution in [0, 0.1) is 0 Å². The molecule has 0 spiro atoms. The molecule has 0 radical (unpaired) electrons. The van der Waals surface area contributed by atoms with Crippen LogP contribution in [0.5, 0.6) is 0 Å². The molecule has 1 fully saturated rings. The molecule has 0 aliphatic carbocycles. The number of carbonyl (C=O) groups is 2. The quantitative estimate of drug-likeness (QED) is 0.815. The Balaban J connectivity index is 1.80. The number of likely N-dealkylation sites (tertiary alicyclic amines) is 1. The van der Waals surface area contributed by atoms with Crippen LogP contribution >= 0.6 is 22.7 Å². The Morgan fingerprint density at radius 2 is 2.29 bits per heavy atom. The lowest BCUT2D eigenvalue weighted by Gasteiger charge is -2.21. The largest absolute Gasteiger partial charge is 0.467 e. The Bertz CT molecular complexity index is 651. The summed E-state index contributed by atoms with van der Waals surface area (Å²) < 4.78 is 4.77. The highest BCUT2D eigenvalue weighted by molar-refractivity contribution is 7.14. The van der Waals surface area contributed by atoms with Crippen LogP contribution in [0.15, 0.2) is 22.2 Å². The first-order valence-electron chi connectivity index (χ1n) is 6.57. The number of thiophene rings is 1. The van der Waals surface area contributed by atoms with E-state index in [1.165, 1.54) is 18.4 Å². The van der Waals surface area contributed by atoms with Crippen LogP contribution < -0.4 is 0 Å². The zero-order valence-corrected chi connectivity index (χ0v) is 13.1. The highest BCUT2D eigenvalue weighted by Gasteiger charge is 2.36. The van der Waals surface area contributed by atoms with Gasteiger partial charge in [0.2, 0.25) is 0 Å². The van der Waals surface area contributed by atoms with E-state index >= 15 is 0 Å². The van der Waals surface area contributed by atoms with Crippen molar-refractivity contribution >= 4 is 34.6 Å². The number of hydrogen-bond acceptors (Lipinski definition) is 6. The molecule has 1 unspecified atom stereocenters. The third kappa shape index (κ3) is 2.71. The van der Waals surface area contributed by atoms with E-state index in [-0.39, 0.29) is 11.9 Å². The highest BCUT2D eigenvalue weighted by Crippen LogP contribution is 2.27. The minimum Gasteiger partial charge on any atom is -0.467 e. The summed E-state index contributed by atoms with van der Waals surface area (Å²) in [5.41, 5.74) is 1.42. The Morgan fingerprint density at radius 3 is 3.00 bits per heavy atom. The van der Waals surface area contributed by atoms with Gasteiger partial charge in [0.1, 0.15) is 16.7 Å². The number of nitrogens with zero attached hydrogens (tertiary/aromatic N) is 2. The first kappa shape index (κ1) is 14.2. The van der Waals surface area contributed by atoms with Crippen molar-refractivity contribution in [3.05, 3.63) is 27.9 Å². The maximum Gasteiger partial charge on any atom is 0.328 e. The molecular formula is C14H14N2O3S2. The van der Waals surface area contributed by atoms with Crippen LogP contribution in [0.1, 0.15) is 23.3 Å². The minimum absolute atomic E-state index is 0.194. The normalized spacial score (nSPS) is 18.0. The molecule has 0 bridgehead atoms. The average molecular weight is 322 g/mol. The summed E-state index contributed by atoms with van der Waals surface area (Å²) in [7, 11) is 1.35. The second kappa shape index (κ2) is 5.95. The van der Waals surface area contributed by atoms with Gasteiger partial charge in [0.05, 0.1) is 7.11 Å². The molecule has 1 amide bonds. The molecule has 3 heterocycles. The lowest BCUT2D eigenvalue weighted by molar-refractivity contribution is -0.145. The number of aromatic nitrogens is 1. The predicted octanol–water partition coefficient (Wildman–Crippen LogP) is 2.65. The summed E-state index contributed by atoms with van der Waals surface area (Å²) in [5.74, 6) is -0.547. The van der Waals surface area contributed by atoms with E-state index in [4.69, 9.17) is 4.74 Å². The first-order valence-corrected chi connectivity index (χ1v) is 8.40. The number of thiazole rings is 1. The molecule has 1 aliphatic rings. The van der Waals surface area contributed by atoms with Crippen LogP contribution in [0.4, 0.5) is 0 Å². The van der Waals surface area contributed by atoms with E-state index in [9.17, 15) is 9.59 Å². The Morgan fingerprint density at radius 1 is 1.43 bits per heavy atom. The number of carbonyl (C=O) groups excluding carboxylic acids is 2. The smallest absolute Gasteiger partial charge is 0.328 e. The molecule has 2 aromatic heterocycles. The van der Waals surface area contributed by atoms with Gasteiger partial charge in [0.15, 0.2) is 0 Å². The molecular weight excluding hydrogens is 308 g/mol. The van der Waals surface area contributed by atoms with Crippen molar-refractivity contribution in [2.45, 2.75) is 18.9 Å². The molecule has 110 valence electrons. The van der Waals surface area contributed by atoms with Crippen LogP contribution in [-0.4, -0.2) is 41.5 Å². The summed E-state index contributed by atoms with van der Waals surface area (Å²) in [6, 6.07) is 1.50. The van der Waals surface area contributed by atoms with E-state index in [0.29, 0.717) is 18.7 Å². The van der Waals surface area contributed by atoms with Crippen molar-refractivity contribution in [1.29, 1.82) is 0 Å². The van der Waals surface area contributed by atoms with Crippen LogP contribution in [0.3, 0.4) is 0 Å². The number of ether oxygens (including phenoxy) is 1. The number of amides is 1. The number of methoxy groups -OCH3 is 1. The number of hydrogen-bond donors (Lipinski definition) is 0. The molecule has 0 N–H and O–H groups in total. The SMILES string of the molecule is COC(=O)C1CCCN1C(=O)c1csc(-c2ccsc2)n1. The molecule has 2 aromatic rings. The summed E-state index contributed by atoms with van der Waals surface area (Å²) in [6.07, 6.45) is 1.47. The Kier molecular flexibility index (Phi) is 4.03. The molecule has 3 rings (SSSR count). The van der Waals surface area contributed by atoms with Gasteiger partial charge < -0.3 is 9.64 Å². The van der Waals surface area contributed by atoms with Gasteiger partial charge in [-0.3, -0.25) is 4.79 Å². The molecule has 1 saturated heterocycles. The van der Waals surface area contributed by atoms with Crippen molar-refractivity contribution in [2.24, 2.45) is 0 Å². The fourth-order valence-electron chi connectivity index (χ4n) is 2.43. The second-order valence-corrected chi connectivity index (χ2v) is 6.37. The van der Waals surface area contributed by atoms with Gasteiger partial charge in [-0.2, -0.15) is 11.3 Å². The molecule has 0 saturated carbocycles. The van der Waals surface area contributed by atoms with Crippen molar-refractivity contribution in [3.63, 3.8) is 0 Å². The van der Waals surface area contributed by atoms with E-state index in [2.05, 4.69) is 4.98 Å². The predicted molar refractivity (Wildman–Crippen MR) is 81.5 cm³/mol. The van der Waals surface area contributed by atoms with Crippen molar-refractivity contribution in [1.82, 2.24) is 9.88 Å². The average Bonchev–Trinajstić information content (AvgIpc) is 3.25. The van der Waals surface area contributed by atoms with Crippen LogP contribution in [0.2, 0.25) is 0 Å². The standard InChI is InChI=1S/C14H14N2O3S2/c1-19-14(18)11-3-2-5-16(11)13(17)10-8-21-12(15-10)9-4-6-20-7-9/h4,6-8,11H,2-3,5H2,1H3. The fourth-order valence-corrected chi connectivity index (χ4v) is 3.93. The summed E-state index contributed by atoms with van der Waals surface area (Å²) >= 11 is 3.04. The number of rotatable bonds is 3. The van der Waals surface area contributed by atoms with Gasteiger partial charge in [-0.05, 0) is 24.3 Å².